The van der Waals surface area contributed by atoms with Crippen LogP contribution in [-0.2, 0) is 36.1 Å². The van der Waals surface area contributed by atoms with Crippen molar-refractivity contribution in [2.45, 2.75) is 70.7 Å². The number of aliphatic hydroxyl groups is 1. The van der Waals surface area contributed by atoms with E-state index in [-0.39, 0.29) is 36.8 Å². The van der Waals surface area contributed by atoms with Crippen molar-refractivity contribution in [3.8, 4) is 5.88 Å². The largest absolute Gasteiger partial charge is 0.480 e. The molecule has 0 aliphatic carbocycles. The number of rotatable bonds is 14. The van der Waals surface area contributed by atoms with E-state index in [0.717, 1.165) is 79.2 Å². The molecular formula is C41H52ClN13O5. The number of hydrogen-bond donors (Lipinski definition) is 4. The lowest BCUT2D eigenvalue weighted by atomic mass is 9.99. The van der Waals surface area contributed by atoms with Crippen LogP contribution in [0.3, 0.4) is 0 Å². The van der Waals surface area contributed by atoms with Gasteiger partial charge in [0, 0.05) is 94.8 Å². The van der Waals surface area contributed by atoms with Crippen molar-refractivity contribution >= 4 is 57.5 Å². The quantitative estimate of drug-likeness (QED) is 0.110. The van der Waals surface area contributed by atoms with Gasteiger partial charge in [0.05, 0.1) is 48.2 Å². The first kappa shape index (κ1) is 42.2. The van der Waals surface area contributed by atoms with Gasteiger partial charge in [-0.25, -0.2) is 4.98 Å². The Morgan fingerprint density at radius 3 is 2.68 bits per heavy atom. The van der Waals surface area contributed by atoms with E-state index in [4.69, 9.17) is 26.1 Å². The maximum absolute atomic E-state index is 12.9. The van der Waals surface area contributed by atoms with Gasteiger partial charge in [0.15, 0.2) is 5.65 Å². The molecule has 2 aliphatic heterocycles. The van der Waals surface area contributed by atoms with Gasteiger partial charge in [0.2, 0.25) is 11.8 Å². The molecule has 8 rings (SSSR count). The average Bonchev–Trinajstić information content (AvgIpc) is 4.08. The first-order valence-corrected chi connectivity index (χ1v) is 20.5. The average molecular weight is 842 g/mol. The number of aryl methyl sites for hydroxylation is 2. The van der Waals surface area contributed by atoms with Crippen molar-refractivity contribution < 1.29 is 19.4 Å². The molecule has 60 heavy (non-hydrogen) atoms. The van der Waals surface area contributed by atoms with Gasteiger partial charge in [-0.05, 0) is 44.1 Å². The van der Waals surface area contributed by atoms with Crippen molar-refractivity contribution in [1.82, 2.24) is 48.8 Å². The van der Waals surface area contributed by atoms with Crippen molar-refractivity contribution in [3.63, 3.8) is 0 Å². The number of aliphatic hydroxyl groups excluding tert-OH is 1. The lowest BCUT2D eigenvalue weighted by Crippen LogP contribution is -2.40. The van der Waals surface area contributed by atoms with Crippen LogP contribution in [0.25, 0.3) is 16.7 Å². The summed E-state index contributed by atoms with van der Waals surface area (Å²) in [5.41, 5.74) is 4.36. The van der Waals surface area contributed by atoms with E-state index in [1.54, 1.807) is 48.5 Å². The second-order valence-electron chi connectivity index (χ2n) is 14.9. The Bertz CT molecular complexity index is 2510. The van der Waals surface area contributed by atoms with Crippen molar-refractivity contribution in [2.75, 3.05) is 56.0 Å². The predicted molar refractivity (Wildman–Crippen MR) is 230 cm³/mol. The van der Waals surface area contributed by atoms with Crippen LogP contribution in [0.4, 0.5) is 23.3 Å². The molecule has 0 bridgehead atoms. The molecule has 0 aromatic carbocycles. The summed E-state index contributed by atoms with van der Waals surface area (Å²) in [4.78, 5) is 46.2. The zero-order valence-electron chi connectivity index (χ0n) is 34.4. The standard InChI is InChI=1S/C30H41N7O4.C11H11ClN6O/c1-4-23-17-32-37-26(15-27(33-29(23)37)36-12-6-5-7-24(36)11-14-38)31-16-22-8-9-28(39)35(19-22)18-21(2)30(40)34-13-10-25(20-34)41-3;1-18-5-6(3-14-18)15-11-16-9-8(7(12)4-13-9)10(17-11)19-2/h8-9,15,17,19,24-25,31,38H,2,4-7,10-14,16,18,20H2,1,3H3;3-5H,1-2H3,(H2,13,15,16,17). The van der Waals surface area contributed by atoms with Gasteiger partial charge in [0.1, 0.15) is 17.3 Å². The number of halogens is 1. The summed E-state index contributed by atoms with van der Waals surface area (Å²) in [6.45, 7) is 8.88. The summed E-state index contributed by atoms with van der Waals surface area (Å²) in [5.74, 6) is 2.37. The first-order chi connectivity index (χ1) is 29.1. The first-order valence-electron chi connectivity index (χ1n) is 20.1. The molecule has 2 fully saturated rings. The molecule has 318 valence electrons. The normalized spacial score (nSPS) is 16.6. The number of piperidine rings is 1. The van der Waals surface area contributed by atoms with Crippen LogP contribution in [-0.4, -0.2) is 112 Å². The van der Waals surface area contributed by atoms with Gasteiger partial charge < -0.3 is 44.6 Å². The number of H-pyrrole nitrogens is 1. The number of ether oxygens (including phenoxy) is 2. The number of carbonyl (C=O) groups is 1. The third-order valence-corrected chi connectivity index (χ3v) is 11.1. The highest BCUT2D eigenvalue weighted by Crippen LogP contribution is 2.31. The summed E-state index contributed by atoms with van der Waals surface area (Å²) >= 11 is 6.05. The Balaban J connectivity index is 0.000000238. The van der Waals surface area contributed by atoms with Gasteiger partial charge in [0.25, 0.3) is 11.5 Å². The van der Waals surface area contributed by atoms with E-state index in [0.29, 0.717) is 53.1 Å². The number of anilines is 4. The number of nitrogens with one attached hydrogen (secondary N) is 3. The van der Waals surface area contributed by atoms with E-state index < -0.39 is 0 Å². The molecule has 1 amide bonds. The van der Waals surface area contributed by atoms with Gasteiger partial charge in [-0.1, -0.05) is 31.2 Å². The number of pyridine rings is 1. The van der Waals surface area contributed by atoms with Crippen molar-refractivity contribution in [3.05, 3.63) is 87.8 Å². The summed E-state index contributed by atoms with van der Waals surface area (Å²) in [5, 5.41) is 26.1. The van der Waals surface area contributed by atoms with E-state index in [1.165, 1.54) is 10.6 Å². The van der Waals surface area contributed by atoms with Crippen molar-refractivity contribution in [1.29, 1.82) is 0 Å². The zero-order valence-corrected chi connectivity index (χ0v) is 35.2. The Labute approximate surface area is 352 Å². The highest BCUT2D eigenvalue weighted by Gasteiger charge is 2.28. The maximum Gasteiger partial charge on any atom is 0.251 e. The lowest BCUT2D eigenvalue weighted by molar-refractivity contribution is -0.126. The third-order valence-electron chi connectivity index (χ3n) is 10.8. The minimum absolute atomic E-state index is 0.0442. The topological polar surface area (TPSA) is 198 Å². The van der Waals surface area contributed by atoms with E-state index in [1.807, 2.05) is 30.0 Å². The Hall–Kier alpha value is -5.98. The molecule has 18 nitrogen and oxygen atoms in total. The summed E-state index contributed by atoms with van der Waals surface area (Å²) in [7, 11) is 5.03. The number of methoxy groups -OCH3 is 2. The van der Waals surface area contributed by atoms with Crippen LogP contribution in [0.15, 0.2) is 66.1 Å². The maximum atomic E-state index is 12.9. The van der Waals surface area contributed by atoms with Gasteiger partial charge in [-0.15, -0.1) is 0 Å². The van der Waals surface area contributed by atoms with E-state index in [2.05, 4.69) is 54.2 Å². The predicted octanol–water partition coefficient (Wildman–Crippen LogP) is 4.71. The third kappa shape index (κ3) is 9.40. The fraction of sp³-hybridized carbons (Fsp3) is 0.439. The second-order valence-corrected chi connectivity index (χ2v) is 15.3. The van der Waals surface area contributed by atoms with Crippen LogP contribution >= 0.6 is 11.6 Å². The second kappa shape index (κ2) is 18.9. The van der Waals surface area contributed by atoms with Crippen LogP contribution < -0.4 is 25.8 Å². The number of likely N-dealkylation sites (tertiary alicyclic amines) is 1. The van der Waals surface area contributed by atoms with Gasteiger partial charge in [-0.2, -0.15) is 24.7 Å². The molecule has 6 aromatic heterocycles. The highest BCUT2D eigenvalue weighted by molar-refractivity contribution is 6.35. The highest BCUT2D eigenvalue weighted by atomic mass is 35.5. The summed E-state index contributed by atoms with van der Waals surface area (Å²) < 4.78 is 15.6. The number of aromatic nitrogens is 9. The van der Waals surface area contributed by atoms with E-state index in [9.17, 15) is 14.7 Å². The smallest absolute Gasteiger partial charge is 0.251 e. The summed E-state index contributed by atoms with van der Waals surface area (Å²) in [6, 6.07) is 5.59. The lowest BCUT2D eigenvalue weighted by Gasteiger charge is -2.36. The zero-order chi connectivity index (χ0) is 42.3. The molecule has 2 aliphatic rings. The van der Waals surface area contributed by atoms with Crippen molar-refractivity contribution in [2.24, 2.45) is 7.05 Å². The number of amides is 1. The Kier molecular flexibility index (Phi) is 13.3. The van der Waals surface area contributed by atoms with Crippen LogP contribution in [0.2, 0.25) is 5.02 Å². The molecule has 0 spiro atoms. The molecule has 19 heteroatoms. The number of aromatic amines is 1. The number of carbonyl (C=O) groups excluding carboxylic acids is 1. The molecule has 0 radical (unpaired) electrons. The molecule has 2 atom stereocenters. The minimum atomic E-state index is -0.188. The fourth-order valence-electron chi connectivity index (χ4n) is 7.66. The molecule has 2 saturated heterocycles. The van der Waals surface area contributed by atoms with Gasteiger partial charge >= 0.3 is 0 Å². The van der Waals surface area contributed by atoms with Crippen LogP contribution in [0.1, 0.15) is 50.2 Å². The van der Waals surface area contributed by atoms with Crippen LogP contribution in [0, 0.1) is 0 Å². The number of nitrogens with zero attached hydrogens (tertiary/aromatic N) is 10. The Morgan fingerprint density at radius 2 is 1.95 bits per heavy atom. The molecule has 4 N–H and O–H groups in total. The fourth-order valence-corrected chi connectivity index (χ4v) is 7.88. The minimum Gasteiger partial charge on any atom is -0.480 e. The van der Waals surface area contributed by atoms with Gasteiger partial charge in [-0.3, -0.25) is 14.3 Å². The number of fused-ring (bicyclic) bond motifs is 2. The molecule has 8 heterocycles. The Morgan fingerprint density at radius 1 is 1.10 bits per heavy atom. The van der Waals surface area contributed by atoms with E-state index >= 15 is 0 Å². The number of hydrogen-bond acceptors (Lipinski definition) is 13. The monoisotopic (exact) mass is 841 g/mol. The molecule has 0 saturated carbocycles. The molecule has 2 unspecified atom stereocenters. The molecular weight excluding hydrogens is 790 g/mol. The summed E-state index contributed by atoms with van der Waals surface area (Å²) in [6.07, 6.45) is 14.5. The van der Waals surface area contributed by atoms with Crippen LogP contribution in [0.5, 0.6) is 5.88 Å². The molecule has 6 aromatic rings. The SMILES string of the molecule is C=C(Cn1cc(CNc2cc(N3CCCCC3CCO)nc3c(CC)cnn23)ccc1=O)C(=O)N1CCC(OC)C1.COc1nc(Nc2cnn(C)c2)nc2[nH]cc(Cl)c12.